The molecule has 0 aliphatic carbocycles. The summed E-state index contributed by atoms with van der Waals surface area (Å²) in [6.07, 6.45) is 5.16. The fourth-order valence-corrected chi connectivity index (χ4v) is 4.55. The first-order valence-corrected chi connectivity index (χ1v) is 12.3. The molecule has 3 amide bonds. The number of nitrogens with zero attached hydrogens (tertiary/aromatic N) is 3. The Morgan fingerprint density at radius 2 is 2.00 bits per heavy atom. The quantitative estimate of drug-likeness (QED) is 0.449. The van der Waals surface area contributed by atoms with Crippen molar-refractivity contribution in [1.82, 2.24) is 20.4 Å². The lowest BCUT2D eigenvalue weighted by atomic mass is 9.97. The number of hydrogen-bond donors (Lipinski definition) is 2. The van der Waals surface area contributed by atoms with Gasteiger partial charge < -0.3 is 20.1 Å². The van der Waals surface area contributed by atoms with Crippen LogP contribution >= 0.6 is 11.3 Å². The molecule has 9 heteroatoms. The maximum atomic E-state index is 12.6. The molecule has 0 spiro atoms. The van der Waals surface area contributed by atoms with E-state index < -0.39 is 0 Å². The third-order valence-electron chi connectivity index (χ3n) is 5.68. The number of amides is 3. The van der Waals surface area contributed by atoms with Crippen molar-refractivity contribution in [2.45, 2.75) is 38.5 Å². The number of aromatic nitrogens is 2. The average Bonchev–Trinajstić information content (AvgIpc) is 3.54. The number of carbonyl (C=O) groups is 2. The maximum Gasteiger partial charge on any atom is 0.321 e. The van der Waals surface area contributed by atoms with E-state index in [1.165, 1.54) is 0 Å². The highest BCUT2D eigenvalue weighted by Gasteiger charge is 2.28. The summed E-state index contributed by atoms with van der Waals surface area (Å²) in [6.45, 7) is 1.76. The number of aryl methyl sites for hydroxylation is 1. The highest BCUT2D eigenvalue weighted by Crippen LogP contribution is 2.22. The second kappa shape index (κ2) is 11.6. The number of likely N-dealkylation sites (tertiary alicyclic amines) is 1. The molecule has 1 atom stereocenters. The van der Waals surface area contributed by atoms with Crippen molar-refractivity contribution in [1.29, 1.82) is 0 Å². The Balaban J connectivity index is 1.12. The lowest BCUT2D eigenvalue weighted by Crippen LogP contribution is -2.47. The Kier molecular flexibility index (Phi) is 8.08. The summed E-state index contributed by atoms with van der Waals surface area (Å²) in [6, 6.07) is 13.2. The van der Waals surface area contributed by atoms with Gasteiger partial charge in [-0.1, -0.05) is 35.8 Å². The number of carbonyl (C=O) groups excluding carboxylic acids is 2. The van der Waals surface area contributed by atoms with Gasteiger partial charge in [0.05, 0.1) is 10.8 Å². The van der Waals surface area contributed by atoms with E-state index in [1.807, 2.05) is 47.8 Å². The molecule has 2 aromatic heterocycles. The molecule has 0 saturated carbocycles. The third kappa shape index (κ3) is 6.64. The van der Waals surface area contributed by atoms with Gasteiger partial charge in [0.2, 0.25) is 17.6 Å². The third-order valence-corrected chi connectivity index (χ3v) is 6.55. The van der Waals surface area contributed by atoms with Crippen LogP contribution in [-0.2, 0) is 11.2 Å². The van der Waals surface area contributed by atoms with Crippen LogP contribution in [0, 0.1) is 5.92 Å². The van der Waals surface area contributed by atoms with Crippen LogP contribution in [0.4, 0.5) is 10.5 Å². The molecular formula is C24H29N5O3S. The minimum absolute atomic E-state index is 0.0321. The van der Waals surface area contributed by atoms with Gasteiger partial charge >= 0.3 is 6.03 Å². The summed E-state index contributed by atoms with van der Waals surface area (Å²) in [5, 5.41) is 11.9. The van der Waals surface area contributed by atoms with Crippen LogP contribution in [0.25, 0.3) is 10.7 Å². The molecule has 4 rings (SSSR count). The first kappa shape index (κ1) is 23.0. The number of piperidine rings is 1. The van der Waals surface area contributed by atoms with Gasteiger partial charge in [-0.3, -0.25) is 4.79 Å². The zero-order valence-electron chi connectivity index (χ0n) is 18.5. The topological polar surface area (TPSA) is 100 Å². The molecule has 0 bridgehead atoms. The molecule has 3 aromatic rings. The van der Waals surface area contributed by atoms with Gasteiger partial charge in [0.25, 0.3) is 0 Å². The van der Waals surface area contributed by atoms with Crippen molar-refractivity contribution in [2.24, 2.45) is 5.92 Å². The first-order valence-electron chi connectivity index (χ1n) is 11.4. The summed E-state index contributed by atoms with van der Waals surface area (Å²) in [7, 11) is 0. The Bertz CT molecular complexity index is 1020. The number of nitrogens with one attached hydrogen (secondary N) is 2. The molecule has 2 N–H and O–H groups in total. The van der Waals surface area contributed by atoms with Crippen LogP contribution in [0.2, 0.25) is 0 Å². The molecular weight excluding hydrogens is 438 g/mol. The lowest BCUT2D eigenvalue weighted by Gasteiger charge is -2.32. The number of para-hydroxylation sites is 1. The predicted octanol–water partition coefficient (Wildman–Crippen LogP) is 4.57. The van der Waals surface area contributed by atoms with Gasteiger partial charge in [0.15, 0.2) is 0 Å². The van der Waals surface area contributed by atoms with E-state index in [1.54, 1.807) is 16.2 Å². The summed E-state index contributed by atoms with van der Waals surface area (Å²) in [5.74, 6) is 1.17. The molecule has 174 valence electrons. The van der Waals surface area contributed by atoms with Crippen LogP contribution in [0.15, 0.2) is 52.4 Å². The zero-order chi connectivity index (χ0) is 22.9. The van der Waals surface area contributed by atoms with Crippen molar-refractivity contribution in [3.05, 3.63) is 53.7 Å². The summed E-state index contributed by atoms with van der Waals surface area (Å²) in [5.41, 5.74) is 0.761. The van der Waals surface area contributed by atoms with E-state index in [9.17, 15) is 9.59 Å². The van der Waals surface area contributed by atoms with Crippen LogP contribution < -0.4 is 10.6 Å². The summed E-state index contributed by atoms with van der Waals surface area (Å²) < 4.78 is 5.32. The standard InChI is InChI=1S/C24H29N5O3S/c30-23(18-9-7-15-29(17-18)24(31)26-19-10-3-1-4-11-19)25-14-6-2-5-13-21-27-22(28-32-21)20-12-8-16-33-20/h1,3-4,8,10-12,16,18H,2,5-7,9,13-15,17H2,(H,25,30)(H,26,31)/t18-/m1/s1. The molecule has 1 aliphatic rings. The smallest absolute Gasteiger partial charge is 0.321 e. The van der Waals surface area contributed by atoms with Gasteiger partial charge in [0, 0.05) is 31.7 Å². The summed E-state index contributed by atoms with van der Waals surface area (Å²) in [4.78, 5) is 32.3. The van der Waals surface area contributed by atoms with E-state index in [0.29, 0.717) is 31.3 Å². The second-order valence-electron chi connectivity index (χ2n) is 8.17. The van der Waals surface area contributed by atoms with Crippen molar-refractivity contribution in [3.63, 3.8) is 0 Å². The molecule has 3 heterocycles. The van der Waals surface area contributed by atoms with Gasteiger partial charge in [-0.05, 0) is 49.3 Å². The molecule has 1 fully saturated rings. The normalized spacial score (nSPS) is 15.9. The Hall–Kier alpha value is -3.20. The predicted molar refractivity (Wildman–Crippen MR) is 128 cm³/mol. The number of unbranched alkanes of at least 4 members (excludes halogenated alkanes) is 2. The highest BCUT2D eigenvalue weighted by molar-refractivity contribution is 7.13. The number of thiophene rings is 1. The van der Waals surface area contributed by atoms with Gasteiger partial charge in [-0.25, -0.2) is 4.79 Å². The van der Waals surface area contributed by atoms with E-state index >= 15 is 0 Å². The van der Waals surface area contributed by atoms with Crippen molar-refractivity contribution in [3.8, 4) is 10.7 Å². The van der Waals surface area contributed by atoms with E-state index in [4.69, 9.17) is 4.52 Å². The number of urea groups is 1. The average molecular weight is 468 g/mol. The summed E-state index contributed by atoms with van der Waals surface area (Å²) >= 11 is 1.59. The largest absolute Gasteiger partial charge is 0.356 e. The van der Waals surface area contributed by atoms with Crippen molar-refractivity contribution in [2.75, 3.05) is 25.0 Å². The van der Waals surface area contributed by atoms with Crippen molar-refractivity contribution >= 4 is 29.0 Å². The Labute approximate surface area is 197 Å². The Morgan fingerprint density at radius 1 is 1.12 bits per heavy atom. The van der Waals surface area contributed by atoms with Crippen LogP contribution in [0.5, 0.6) is 0 Å². The molecule has 33 heavy (non-hydrogen) atoms. The van der Waals surface area contributed by atoms with Gasteiger partial charge in [-0.2, -0.15) is 4.98 Å². The van der Waals surface area contributed by atoms with E-state index in [-0.39, 0.29) is 17.9 Å². The minimum atomic E-state index is -0.158. The second-order valence-corrected chi connectivity index (χ2v) is 9.12. The molecule has 0 unspecified atom stereocenters. The maximum absolute atomic E-state index is 12.6. The lowest BCUT2D eigenvalue weighted by molar-refractivity contribution is -0.126. The van der Waals surface area contributed by atoms with E-state index in [2.05, 4.69) is 20.8 Å². The number of benzene rings is 1. The van der Waals surface area contributed by atoms with Crippen LogP contribution in [0.1, 0.15) is 38.0 Å². The zero-order valence-corrected chi connectivity index (χ0v) is 19.4. The minimum Gasteiger partial charge on any atom is -0.356 e. The molecule has 1 aliphatic heterocycles. The first-order chi connectivity index (χ1) is 16.2. The van der Waals surface area contributed by atoms with Gasteiger partial charge in [0.1, 0.15) is 0 Å². The van der Waals surface area contributed by atoms with Crippen LogP contribution in [-0.4, -0.2) is 46.6 Å². The number of anilines is 1. The fourth-order valence-electron chi connectivity index (χ4n) is 3.90. The number of hydrogen-bond acceptors (Lipinski definition) is 6. The van der Waals surface area contributed by atoms with E-state index in [0.717, 1.165) is 49.1 Å². The Morgan fingerprint density at radius 3 is 2.82 bits per heavy atom. The fraction of sp³-hybridized carbons (Fsp3) is 0.417. The monoisotopic (exact) mass is 467 g/mol. The van der Waals surface area contributed by atoms with Crippen molar-refractivity contribution < 1.29 is 14.1 Å². The number of rotatable bonds is 9. The molecule has 8 nitrogen and oxygen atoms in total. The SMILES string of the molecule is O=C(NCCCCCc1nc(-c2cccs2)no1)[C@@H]1CCCN(C(=O)Nc2ccccc2)C1. The molecule has 0 radical (unpaired) electrons. The van der Waals surface area contributed by atoms with Gasteiger partial charge in [-0.15, -0.1) is 11.3 Å². The molecule has 1 saturated heterocycles. The molecule has 1 aromatic carbocycles. The highest BCUT2D eigenvalue weighted by atomic mass is 32.1. The van der Waals surface area contributed by atoms with Crippen LogP contribution in [0.3, 0.4) is 0 Å².